The van der Waals surface area contributed by atoms with E-state index in [1.165, 1.54) is 25.0 Å². The minimum Gasteiger partial charge on any atom is -0.493 e. The Bertz CT molecular complexity index is 992. The highest BCUT2D eigenvalue weighted by Crippen LogP contribution is 2.32. The molecule has 0 aliphatic carbocycles. The lowest BCUT2D eigenvalue weighted by atomic mass is 10.0. The lowest BCUT2D eigenvalue weighted by molar-refractivity contribution is 0.0571. The molecule has 156 valence electrons. The van der Waals surface area contributed by atoms with Gasteiger partial charge in [-0.1, -0.05) is 0 Å². The summed E-state index contributed by atoms with van der Waals surface area (Å²) in [5.41, 5.74) is 0.164. The zero-order valence-corrected chi connectivity index (χ0v) is 17.1. The van der Waals surface area contributed by atoms with Gasteiger partial charge in [-0.15, -0.1) is 0 Å². The maximum absolute atomic E-state index is 13.2. The Morgan fingerprint density at radius 2 is 1.52 bits per heavy atom. The molecule has 2 amide bonds. The van der Waals surface area contributed by atoms with E-state index >= 15 is 0 Å². The minimum absolute atomic E-state index is 0.207. The van der Waals surface area contributed by atoms with Crippen LogP contribution in [0.3, 0.4) is 0 Å². The van der Waals surface area contributed by atoms with Crippen LogP contribution in [0.5, 0.6) is 11.5 Å². The zero-order chi connectivity index (χ0) is 21.1. The molecule has 0 bridgehead atoms. The molecule has 29 heavy (non-hydrogen) atoms. The maximum Gasteiger partial charge on any atom is 0.409 e. The molecule has 1 aromatic carbocycles. The molecule has 2 aromatic rings. The molecule has 3 rings (SSSR count). The van der Waals surface area contributed by atoms with Crippen molar-refractivity contribution in [1.82, 2.24) is 14.4 Å². The average molecular weight is 403 g/mol. The lowest BCUT2D eigenvalue weighted by Gasteiger charge is -2.34. The second kappa shape index (κ2) is 8.42. The number of hydrogen-bond donors (Lipinski definition) is 0. The third-order valence-corrected chi connectivity index (χ3v) is 5.01. The van der Waals surface area contributed by atoms with Gasteiger partial charge < -0.3 is 28.6 Å². The Kier molecular flexibility index (Phi) is 5.95. The number of methoxy groups -OCH3 is 2. The molecule has 1 aliphatic rings. The lowest BCUT2D eigenvalue weighted by Crippen LogP contribution is -2.50. The summed E-state index contributed by atoms with van der Waals surface area (Å²) in [4.78, 5) is 41.0. The summed E-state index contributed by atoms with van der Waals surface area (Å²) >= 11 is 0. The number of nitrogens with zero attached hydrogens (tertiary/aromatic N) is 3. The fraction of sp³-hybridized carbons (Fsp3) is 0.450. The monoisotopic (exact) mass is 403 g/mol. The quantitative estimate of drug-likeness (QED) is 0.768. The summed E-state index contributed by atoms with van der Waals surface area (Å²) in [6, 6.07) is 3.24. The molecule has 0 atom stereocenters. The number of hydrogen-bond acceptors (Lipinski definition) is 6. The van der Waals surface area contributed by atoms with Crippen LogP contribution in [0.2, 0.25) is 0 Å². The molecule has 0 spiro atoms. The Labute approximate surface area is 168 Å². The third-order valence-electron chi connectivity index (χ3n) is 5.01. The maximum atomic E-state index is 13.2. The molecule has 0 saturated carbocycles. The van der Waals surface area contributed by atoms with E-state index in [-0.39, 0.29) is 17.6 Å². The molecule has 0 radical (unpaired) electrons. The first-order valence-electron chi connectivity index (χ1n) is 9.37. The van der Waals surface area contributed by atoms with E-state index in [4.69, 9.17) is 14.2 Å². The summed E-state index contributed by atoms with van der Waals surface area (Å²) in [5, 5.41) is 0.879. The molecule has 1 aromatic heterocycles. The standard InChI is InChI=1S/C20H25N3O6/c1-5-29-20(26)23-8-6-22(7-9-23)19(25)15-12-21(2)18(24)14-11-17(28-4)16(27-3)10-13(14)15/h10-12H,5-9H2,1-4H3. The summed E-state index contributed by atoms with van der Waals surface area (Å²) < 4.78 is 17.0. The van der Waals surface area contributed by atoms with Gasteiger partial charge in [-0.3, -0.25) is 9.59 Å². The number of carbonyl (C=O) groups excluding carboxylic acids is 2. The number of pyridine rings is 1. The van der Waals surface area contributed by atoms with Crippen molar-refractivity contribution in [2.45, 2.75) is 6.92 Å². The fourth-order valence-corrected chi connectivity index (χ4v) is 3.44. The Hall–Kier alpha value is -3.23. The predicted octanol–water partition coefficient (Wildman–Crippen LogP) is 1.47. The molecule has 0 N–H and O–H groups in total. The Balaban J connectivity index is 1.95. The number of rotatable bonds is 4. The molecule has 1 fully saturated rings. The summed E-state index contributed by atoms with van der Waals surface area (Å²) in [7, 11) is 4.60. The minimum atomic E-state index is -0.371. The number of amides is 2. The number of ether oxygens (including phenoxy) is 3. The zero-order valence-electron chi connectivity index (χ0n) is 17.1. The first kappa shape index (κ1) is 20.5. The van der Waals surface area contributed by atoms with Crippen molar-refractivity contribution in [1.29, 1.82) is 0 Å². The van der Waals surface area contributed by atoms with E-state index in [0.29, 0.717) is 60.6 Å². The smallest absolute Gasteiger partial charge is 0.409 e. The van der Waals surface area contributed by atoms with Crippen LogP contribution in [-0.2, 0) is 11.8 Å². The van der Waals surface area contributed by atoms with Gasteiger partial charge in [0.15, 0.2) is 11.5 Å². The van der Waals surface area contributed by atoms with Gasteiger partial charge >= 0.3 is 6.09 Å². The van der Waals surface area contributed by atoms with Crippen LogP contribution in [-0.4, -0.2) is 73.4 Å². The number of carbonyl (C=O) groups is 2. The van der Waals surface area contributed by atoms with Crippen molar-refractivity contribution in [2.24, 2.45) is 7.05 Å². The molecule has 1 saturated heterocycles. The van der Waals surface area contributed by atoms with Gasteiger partial charge in [0.2, 0.25) is 0 Å². The van der Waals surface area contributed by atoms with E-state index in [0.717, 1.165) is 0 Å². The second-order valence-corrected chi connectivity index (χ2v) is 6.69. The molecule has 1 aliphatic heterocycles. The van der Waals surface area contributed by atoms with Crippen LogP contribution in [0.15, 0.2) is 23.1 Å². The van der Waals surface area contributed by atoms with Crippen LogP contribution in [0, 0.1) is 0 Å². The number of aryl methyl sites for hydroxylation is 1. The van der Waals surface area contributed by atoms with Crippen LogP contribution in [0.25, 0.3) is 10.8 Å². The van der Waals surface area contributed by atoms with Crippen molar-refractivity contribution >= 4 is 22.8 Å². The first-order valence-corrected chi connectivity index (χ1v) is 9.37. The largest absolute Gasteiger partial charge is 0.493 e. The molecule has 2 heterocycles. The normalized spacial score (nSPS) is 14.1. The van der Waals surface area contributed by atoms with Gasteiger partial charge in [-0.05, 0) is 19.1 Å². The van der Waals surface area contributed by atoms with Crippen LogP contribution < -0.4 is 15.0 Å². The van der Waals surface area contributed by atoms with Crippen molar-refractivity contribution in [2.75, 3.05) is 47.0 Å². The fourth-order valence-electron chi connectivity index (χ4n) is 3.44. The Morgan fingerprint density at radius 3 is 2.07 bits per heavy atom. The van der Waals surface area contributed by atoms with E-state index in [1.54, 1.807) is 35.9 Å². The van der Waals surface area contributed by atoms with Gasteiger partial charge in [0.25, 0.3) is 11.5 Å². The van der Waals surface area contributed by atoms with Crippen LogP contribution in [0.1, 0.15) is 17.3 Å². The number of piperazine rings is 1. The first-order chi connectivity index (χ1) is 13.9. The molecular formula is C20H25N3O6. The number of aromatic nitrogens is 1. The van der Waals surface area contributed by atoms with Crippen molar-refractivity contribution in [3.05, 3.63) is 34.2 Å². The number of fused-ring (bicyclic) bond motifs is 1. The molecule has 0 unspecified atom stereocenters. The Morgan fingerprint density at radius 1 is 0.966 bits per heavy atom. The van der Waals surface area contributed by atoms with E-state index in [2.05, 4.69) is 0 Å². The summed E-state index contributed by atoms with van der Waals surface area (Å²) in [5.74, 6) is 0.653. The summed E-state index contributed by atoms with van der Waals surface area (Å²) in [6.45, 7) is 3.63. The molecular weight excluding hydrogens is 378 g/mol. The van der Waals surface area contributed by atoms with Crippen molar-refractivity contribution in [3.8, 4) is 11.5 Å². The highest BCUT2D eigenvalue weighted by molar-refractivity contribution is 6.07. The topological polar surface area (TPSA) is 90.3 Å². The van der Waals surface area contributed by atoms with Gasteiger partial charge in [0.1, 0.15) is 0 Å². The van der Waals surface area contributed by atoms with Crippen molar-refractivity contribution in [3.63, 3.8) is 0 Å². The SMILES string of the molecule is CCOC(=O)N1CCN(C(=O)c2cn(C)c(=O)c3cc(OC)c(OC)cc23)CC1. The van der Waals surface area contributed by atoms with E-state index in [9.17, 15) is 14.4 Å². The predicted molar refractivity (Wildman–Crippen MR) is 107 cm³/mol. The van der Waals surface area contributed by atoms with Crippen molar-refractivity contribution < 1.29 is 23.8 Å². The van der Waals surface area contributed by atoms with E-state index in [1.807, 2.05) is 0 Å². The van der Waals surface area contributed by atoms with E-state index < -0.39 is 0 Å². The third kappa shape index (κ3) is 3.85. The average Bonchev–Trinajstić information content (AvgIpc) is 2.75. The van der Waals surface area contributed by atoms with Gasteiger partial charge in [0, 0.05) is 44.8 Å². The molecule has 9 heteroatoms. The number of benzene rings is 1. The van der Waals surface area contributed by atoms with Gasteiger partial charge in [0.05, 0.1) is 31.8 Å². The second-order valence-electron chi connectivity index (χ2n) is 6.69. The molecule has 9 nitrogen and oxygen atoms in total. The van der Waals surface area contributed by atoms with Gasteiger partial charge in [-0.25, -0.2) is 4.79 Å². The van der Waals surface area contributed by atoms with Gasteiger partial charge in [-0.2, -0.15) is 0 Å². The van der Waals surface area contributed by atoms with Crippen LogP contribution in [0.4, 0.5) is 4.79 Å². The van der Waals surface area contributed by atoms with Crippen LogP contribution >= 0.6 is 0 Å². The highest BCUT2D eigenvalue weighted by atomic mass is 16.6. The highest BCUT2D eigenvalue weighted by Gasteiger charge is 2.27. The summed E-state index contributed by atoms with van der Waals surface area (Å²) in [6.07, 6.45) is 1.17.